The van der Waals surface area contributed by atoms with Gasteiger partial charge in [-0.25, -0.2) is 0 Å². The lowest BCUT2D eigenvalue weighted by Gasteiger charge is -2.19. The summed E-state index contributed by atoms with van der Waals surface area (Å²) >= 11 is 0. The Hall–Kier alpha value is -1.64. The van der Waals surface area contributed by atoms with Crippen molar-refractivity contribution in [3.8, 4) is 11.5 Å². The maximum atomic E-state index is 5.63. The van der Waals surface area contributed by atoms with Crippen molar-refractivity contribution in [2.24, 2.45) is 0 Å². The largest absolute Gasteiger partial charge is 0.486 e. The van der Waals surface area contributed by atoms with Gasteiger partial charge in [0.15, 0.2) is 11.5 Å². The number of hydrogen-bond acceptors (Lipinski definition) is 2. The van der Waals surface area contributed by atoms with Crippen LogP contribution in [0.1, 0.15) is 5.56 Å². The highest BCUT2D eigenvalue weighted by Gasteiger charge is 2.16. The molecule has 0 unspecified atom stereocenters. The summed E-state index contributed by atoms with van der Waals surface area (Å²) in [4.78, 5) is 3.20. The van der Waals surface area contributed by atoms with E-state index in [-0.39, 0.29) is 0 Å². The lowest BCUT2D eigenvalue weighted by molar-refractivity contribution is 0.174. The summed E-state index contributed by atoms with van der Waals surface area (Å²) in [5, 5.41) is 1.14. The van der Waals surface area contributed by atoms with Gasteiger partial charge < -0.3 is 14.5 Å². The van der Waals surface area contributed by atoms with Gasteiger partial charge in [-0.15, -0.1) is 0 Å². The molecule has 0 atom stereocenters. The summed E-state index contributed by atoms with van der Waals surface area (Å²) in [7, 11) is 0. The van der Waals surface area contributed by atoms with E-state index in [0.29, 0.717) is 13.2 Å². The lowest BCUT2D eigenvalue weighted by atomic mass is 10.1. The second kappa shape index (κ2) is 2.67. The fourth-order valence-corrected chi connectivity index (χ4v) is 1.89. The molecule has 0 amide bonds. The van der Waals surface area contributed by atoms with Crippen LogP contribution in [0.2, 0.25) is 0 Å². The average Bonchev–Trinajstić information content (AvgIpc) is 2.61. The molecule has 1 N–H and O–H groups in total. The molecule has 14 heavy (non-hydrogen) atoms. The Balaban J connectivity index is 2.38. The average molecular weight is 189 g/mol. The predicted octanol–water partition coefficient (Wildman–Crippen LogP) is 2.25. The second-order valence-electron chi connectivity index (χ2n) is 3.48. The van der Waals surface area contributed by atoms with E-state index < -0.39 is 0 Å². The van der Waals surface area contributed by atoms with Gasteiger partial charge in [-0.05, 0) is 24.6 Å². The molecule has 3 heteroatoms. The summed E-state index contributed by atoms with van der Waals surface area (Å²) in [6, 6.07) is 3.97. The van der Waals surface area contributed by atoms with Gasteiger partial charge in [0.25, 0.3) is 0 Å². The van der Waals surface area contributed by atoms with Crippen molar-refractivity contribution in [1.82, 2.24) is 4.98 Å². The van der Waals surface area contributed by atoms with Crippen molar-refractivity contribution in [1.29, 1.82) is 0 Å². The maximum absolute atomic E-state index is 5.63. The molecule has 3 rings (SSSR count). The van der Waals surface area contributed by atoms with Gasteiger partial charge in [-0.2, -0.15) is 0 Å². The van der Waals surface area contributed by atoms with E-state index >= 15 is 0 Å². The summed E-state index contributed by atoms with van der Waals surface area (Å²) in [5.41, 5.74) is 2.30. The molecule has 1 aromatic carbocycles. The molecule has 0 radical (unpaired) electrons. The molecule has 3 nitrogen and oxygen atoms in total. The number of benzene rings is 1. The Morgan fingerprint density at radius 1 is 1.21 bits per heavy atom. The van der Waals surface area contributed by atoms with E-state index in [2.05, 4.69) is 11.9 Å². The Kier molecular flexibility index (Phi) is 1.48. The van der Waals surface area contributed by atoms with Crippen molar-refractivity contribution in [2.75, 3.05) is 13.2 Å². The fraction of sp³-hybridized carbons (Fsp3) is 0.273. The molecule has 0 saturated carbocycles. The summed E-state index contributed by atoms with van der Waals surface area (Å²) in [5.74, 6) is 1.74. The van der Waals surface area contributed by atoms with Gasteiger partial charge in [-0.3, -0.25) is 0 Å². The molecule has 0 bridgehead atoms. The van der Waals surface area contributed by atoms with Crippen LogP contribution >= 0.6 is 0 Å². The number of aryl methyl sites for hydroxylation is 1. The Morgan fingerprint density at radius 2 is 2.07 bits per heavy atom. The van der Waals surface area contributed by atoms with E-state index in [1.807, 2.05) is 18.3 Å². The van der Waals surface area contributed by atoms with Crippen molar-refractivity contribution in [2.45, 2.75) is 6.92 Å². The molecule has 2 heterocycles. The summed E-state index contributed by atoms with van der Waals surface area (Å²) in [6.45, 7) is 3.34. The maximum Gasteiger partial charge on any atom is 0.170 e. The van der Waals surface area contributed by atoms with Crippen LogP contribution in [0, 0.1) is 6.92 Å². The van der Waals surface area contributed by atoms with Crippen LogP contribution in [-0.4, -0.2) is 18.2 Å². The predicted molar refractivity (Wildman–Crippen MR) is 54.0 cm³/mol. The van der Waals surface area contributed by atoms with Crippen molar-refractivity contribution >= 4 is 10.9 Å². The third-order valence-corrected chi connectivity index (χ3v) is 2.55. The molecule has 0 saturated heterocycles. The minimum absolute atomic E-state index is 0.636. The first-order valence-corrected chi connectivity index (χ1v) is 4.72. The van der Waals surface area contributed by atoms with Crippen LogP contribution < -0.4 is 9.47 Å². The highest BCUT2D eigenvalue weighted by atomic mass is 16.6. The zero-order valence-corrected chi connectivity index (χ0v) is 7.96. The van der Waals surface area contributed by atoms with Crippen LogP contribution in [0.25, 0.3) is 10.9 Å². The van der Waals surface area contributed by atoms with E-state index in [0.717, 1.165) is 22.4 Å². The van der Waals surface area contributed by atoms with Gasteiger partial charge in [-0.1, -0.05) is 0 Å². The number of aromatic amines is 1. The van der Waals surface area contributed by atoms with E-state index in [1.165, 1.54) is 5.56 Å². The minimum atomic E-state index is 0.636. The normalized spacial score (nSPS) is 14.6. The molecule has 0 aliphatic carbocycles. The Morgan fingerprint density at radius 3 is 3.00 bits per heavy atom. The van der Waals surface area contributed by atoms with Crippen LogP contribution in [0.3, 0.4) is 0 Å². The minimum Gasteiger partial charge on any atom is -0.486 e. The standard InChI is InChI=1S/C11H11NO2/c1-7-6-12-8-2-3-9-11(10(7)8)14-5-4-13-9/h2-3,6,12H,4-5H2,1H3. The van der Waals surface area contributed by atoms with Crippen LogP contribution in [0.5, 0.6) is 11.5 Å². The van der Waals surface area contributed by atoms with Crippen LogP contribution in [-0.2, 0) is 0 Å². The van der Waals surface area contributed by atoms with Crippen LogP contribution in [0.4, 0.5) is 0 Å². The van der Waals surface area contributed by atoms with E-state index in [4.69, 9.17) is 9.47 Å². The van der Waals surface area contributed by atoms with Gasteiger partial charge in [0.2, 0.25) is 0 Å². The number of ether oxygens (including phenoxy) is 2. The number of rotatable bonds is 0. The SMILES string of the molecule is Cc1c[nH]c2ccc3c(c12)OCCO3. The summed E-state index contributed by atoms with van der Waals surface area (Å²) in [6.07, 6.45) is 1.99. The number of H-pyrrole nitrogens is 1. The number of aromatic nitrogens is 1. The highest BCUT2D eigenvalue weighted by Crippen LogP contribution is 2.38. The van der Waals surface area contributed by atoms with Crippen molar-refractivity contribution < 1.29 is 9.47 Å². The first-order chi connectivity index (χ1) is 6.86. The lowest BCUT2D eigenvalue weighted by Crippen LogP contribution is -2.15. The van der Waals surface area contributed by atoms with Gasteiger partial charge >= 0.3 is 0 Å². The molecule has 0 fully saturated rings. The van der Waals surface area contributed by atoms with E-state index in [1.54, 1.807) is 0 Å². The molecular formula is C11H11NO2. The van der Waals surface area contributed by atoms with Crippen LogP contribution in [0.15, 0.2) is 18.3 Å². The highest BCUT2D eigenvalue weighted by molar-refractivity contribution is 5.91. The zero-order valence-electron chi connectivity index (χ0n) is 7.96. The summed E-state index contributed by atoms with van der Waals surface area (Å²) < 4.78 is 11.1. The third kappa shape index (κ3) is 0.923. The first-order valence-electron chi connectivity index (χ1n) is 4.72. The fourth-order valence-electron chi connectivity index (χ4n) is 1.89. The molecule has 1 aromatic heterocycles. The molecule has 2 aromatic rings. The van der Waals surface area contributed by atoms with Crippen molar-refractivity contribution in [3.63, 3.8) is 0 Å². The molecule has 1 aliphatic rings. The Labute approximate surface area is 81.6 Å². The van der Waals surface area contributed by atoms with E-state index in [9.17, 15) is 0 Å². The third-order valence-electron chi connectivity index (χ3n) is 2.55. The first kappa shape index (κ1) is 7.74. The topological polar surface area (TPSA) is 34.2 Å². The number of hydrogen-bond donors (Lipinski definition) is 1. The molecule has 0 spiro atoms. The smallest absolute Gasteiger partial charge is 0.170 e. The van der Waals surface area contributed by atoms with Gasteiger partial charge in [0, 0.05) is 17.1 Å². The van der Waals surface area contributed by atoms with Gasteiger partial charge in [0.05, 0.1) is 0 Å². The second-order valence-corrected chi connectivity index (χ2v) is 3.48. The quantitative estimate of drug-likeness (QED) is 0.689. The molecular weight excluding hydrogens is 178 g/mol. The van der Waals surface area contributed by atoms with Gasteiger partial charge in [0.1, 0.15) is 13.2 Å². The number of fused-ring (bicyclic) bond motifs is 3. The molecule has 1 aliphatic heterocycles. The molecule has 72 valence electrons. The number of nitrogens with one attached hydrogen (secondary N) is 1. The van der Waals surface area contributed by atoms with Crippen molar-refractivity contribution in [3.05, 3.63) is 23.9 Å². The monoisotopic (exact) mass is 189 g/mol. The Bertz CT molecular complexity index is 487. The zero-order chi connectivity index (χ0) is 9.54.